The van der Waals surface area contributed by atoms with E-state index in [0.29, 0.717) is 12.0 Å². The number of nitro groups is 1. The number of hydrogen-bond donors (Lipinski definition) is 0. The molecule has 1 aromatic heterocycles. The Hall–Kier alpha value is -1.80. The second-order valence-corrected chi connectivity index (χ2v) is 8.61. The van der Waals surface area contributed by atoms with Crippen molar-refractivity contribution < 1.29 is 18.1 Å². The van der Waals surface area contributed by atoms with Gasteiger partial charge in [0.1, 0.15) is 16.0 Å². The number of nitrogens with zero attached hydrogens (tertiary/aromatic N) is 2. The second-order valence-electron chi connectivity index (χ2n) is 6.35. The van der Waals surface area contributed by atoms with Crippen molar-refractivity contribution in [2.45, 2.75) is 26.4 Å². The molecule has 3 atom stereocenters. The van der Waals surface area contributed by atoms with Crippen LogP contribution in [-0.4, -0.2) is 43.0 Å². The summed E-state index contributed by atoms with van der Waals surface area (Å²) in [5, 5.41) is 11.2. The molecule has 0 aromatic carbocycles. The molecule has 0 unspecified atom stereocenters. The quantitative estimate of drug-likeness (QED) is 0.575. The third kappa shape index (κ3) is 4.61. The fourth-order valence-electron chi connectivity index (χ4n) is 3.12. The fraction of sp³-hybridized carbons (Fsp3) is 0.562. The molecule has 0 fully saturated rings. The summed E-state index contributed by atoms with van der Waals surface area (Å²) in [6.45, 7) is 4.16. The largest absolute Gasteiger partial charge is 0.376 e. The predicted octanol–water partition coefficient (Wildman–Crippen LogP) is 2.48. The molecule has 0 aliphatic heterocycles. The van der Waals surface area contributed by atoms with E-state index in [1.165, 1.54) is 12.5 Å². The van der Waals surface area contributed by atoms with Crippen LogP contribution in [0.15, 0.2) is 24.5 Å². The smallest absolute Gasteiger partial charge is 0.294 e. The Morgan fingerprint density at radius 1 is 1.42 bits per heavy atom. The molecule has 8 heteroatoms. The molecule has 1 aliphatic rings. The Labute approximate surface area is 141 Å². The van der Waals surface area contributed by atoms with Crippen LogP contribution < -0.4 is 0 Å². The molecule has 7 nitrogen and oxygen atoms in total. The summed E-state index contributed by atoms with van der Waals surface area (Å²) in [5.74, 6) is 0.165. The monoisotopic (exact) mass is 354 g/mol. The van der Waals surface area contributed by atoms with Gasteiger partial charge in [-0.1, -0.05) is 19.9 Å². The maximum Gasteiger partial charge on any atom is 0.294 e. The number of allylic oxidation sites excluding steroid dienone is 1. The lowest BCUT2D eigenvalue weighted by Gasteiger charge is -2.33. The zero-order chi connectivity index (χ0) is 17.9. The van der Waals surface area contributed by atoms with Gasteiger partial charge >= 0.3 is 0 Å². The summed E-state index contributed by atoms with van der Waals surface area (Å²) in [7, 11) is -3.05. The van der Waals surface area contributed by atoms with Crippen LogP contribution in [0.1, 0.15) is 25.8 Å². The van der Waals surface area contributed by atoms with Crippen molar-refractivity contribution in [2.75, 3.05) is 18.6 Å². The first-order valence-electron chi connectivity index (χ1n) is 7.78. The van der Waals surface area contributed by atoms with E-state index >= 15 is 0 Å². The molecule has 0 saturated heterocycles. The first-order valence-corrected chi connectivity index (χ1v) is 9.84. The molecule has 0 radical (unpaired) electrons. The Kier molecular flexibility index (Phi) is 5.71. The highest BCUT2D eigenvalue weighted by molar-refractivity contribution is 7.90. The topological polar surface area (TPSA) is 99.4 Å². The fourth-order valence-corrected chi connectivity index (χ4v) is 3.51. The van der Waals surface area contributed by atoms with E-state index in [-0.39, 0.29) is 36.0 Å². The third-order valence-corrected chi connectivity index (χ3v) is 5.10. The molecule has 1 heterocycles. The summed E-state index contributed by atoms with van der Waals surface area (Å²) < 4.78 is 28.2. The molecule has 0 N–H and O–H groups in total. The van der Waals surface area contributed by atoms with Crippen LogP contribution >= 0.6 is 0 Å². The van der Waals surface area contributed by atoms with Gasteiger partial charge in [-0.05, 0) is 24.0 Å². The van der Waals surface area contributed by atoms with Gasteiger partial charge in [-0.3, -0.25) is 15.1 Å². The standard InChI is InChI=1S/C16H22N2O5S/c1-11-8-13(14-4-5-17-10-15(14)18(19)20)9-12(2)16(11)23-6-7-24(3,21)22/h4-5,8,10-12,16H,6-7,9H2,1-3H3/t11-,12+,16-/m1/s1. The summed E-state index contributed by atoms with van der Waals surface area (Å²) in [6.07, 6.45) is 6.51. The van der Waals surface area contributed by atoms with Crippen LogP contribution in [0.2, 0.25) is 0 Å². The lowest BCUT2D eigenvalue weighted by molar-refractivity contribution is -0.385. The van der Waals surface area contributed by atoms with Gasteiger partial charge in [0.05, 0.1) is 29.0 Å². The second kappa shape index (κ2) is 7.40. The lowest BCUT2D eigenvalue weighted by Crippen LogP contribution is -2.33. The summed E-state index contributed by atoms with van der Waals surface area (Å²) in [5.41, 5.74) is 1.50. The van der Waals surface area contributed by atoms with E-state index in [4.69, 9.17) is 4.74 Å². The van der Waals surface area contributed by atoms with Crippen molar-refractivity contribution >= 4 is 21.1 Å². The van der Waals surface area contributed by atoms with E-state index < -0.39 is 14.8 Å². The highest BCUT2D eigenvalue weighted by atomic mass is 32.2. The molecule has 0 amide bonds. The van der Waals surface area contributed by atoms with Gasteiger partial charge in [0.25, 0.3) is 5.69 Å². The van der Waals surface area contributed by atoms with Crippen molar-refractivity contribution in [2.24, 2.45) is 11.8 Å². The molecule has 0 saturated carbocycles. The van der Waals surface area contributed by atoms with Gasteiger partial charge in [-0.25, -0.2) is 8.42 Å². The predicted molar refractivity (Wildman–Crippen MR) is 91.3 cm³/mol. The first kappa shape index (κ1) is 18.5. The van der Waals surface area contributed by atoms with Gasteiger partial charge in [-0.2, -0.15) is 0 Å². The number of hydrogen-bond acceptors (Lipinski definition) is 6. The Morgan fingerprint density at radius 2 is 2.12 bits per heavy atom. The minimum absolute atomic E-state index is 0.000375. The van der Waals surface area contributed by atoms with Gasteiger partial charge in [-0.15, -0.1) is 0 Å². The Bertz CT molecular complexity index is 745. The summed E-state index contributed by atoms with van der Waals surface area (Å²) in [6, 6.07) is 1.66. The molecule has 24 heavy (non-hydrogen) atoms. The minimum Gasteiger partial charge on any atom is -0.376 e. The van der Waals surface area contributed by atoms with E-state index in [1.807, 2.05) is 19.9 Å². The molecule has 1 aliphatic carbocycles. The van der Waals surface area contributed by atoms with E-state index in [1.54, 1.807) is 12.3 Å². The van der Waals surface area contributed by atoms with Crippen LogP contribution in [0.25, 0.3) is 5.57 Å². The number of ether oxygens (including phenoxy) is 1. The number of pyridine rings is 1. The van der Waals surface area contributed by atoms with Crippen LogP contribution in [0.5, 0.6) is 0 Å². The third-order valence-electron chi connectivity index (χ3n) is 4.19. The van der Waals surface area contributed by atoms with Crippen LogP contribution in [0, 0.1) is 22.0 Å². The zero-order valence-corrected chi connectivity index (χ0v) is 14.8. The van der Waals surface area contributed by atoms with Crippen molar-refractivity contribution in [3.8, 4) is 0 Å². The molecule has 2 rings (SSSR count). The normalized spacial score (nSPS) is 24.5. The molecule has 0 spiro atoms. The SMILES string of the molecule is C[C@@H]1C=C(c2ccncc2[N+](=O)[O-])C[C@H](C)[C@@H]1OCCS(C)(=O)=O. The van der Waals surface area contributed by atoms with Crippen molar-refractivity contribution in [1.29, 1.82) is 0 Å². The Balaban J connectivity index is 2.17. The number of rotatable bonds is 6. The zero-order valence-electron chi connectivity index (χ0n) is 14.0. The van der Waals surface area contributed by atoms with Crippen LogP contribution in [-0.2, 0) is 14.6 Å². The summed E-state index contributed by atoms with van der Waals surface area (Å²) in [4.78, 5) is 14.6. The maximum atomic E-state index is 11.2. The van der Waals surface area contributed by atoms with E-state index in [9.17, 15) is 18.5 Å². The molecule has 132 valence electrons. The van der Waals surface area contributed by atoms with Crippen LogP contribution in [0.3, 0.4) is 0 Å². The van der Waals surface area contributed by atoms with Gasteiger partial charge in [0.2, 0.25) is 0 Å². The highest BCUT2D eigenvalue weighted by Gasteiger charge is 2.31. The van der Waals surface area contributed by atoms with E-state index in [2.05, 4.69) is 4.98 Å². The van der Waals surface area contributed by atoms with Crippen molar-refractivity contribution in [1.82, 2.24) is 4.98 Å². The maximum absolute atomic E-state index is 11.2. The molecule has 0 bridgehead atoms. The lowest BCUT2D eigenvalue weighted by atomic mass is 9.79. The average Bonchev–Trinajstić information content (AvgIpc) is 2.48. The molecular weight excluding hydrogens is 332 g/mol. The van der Waals surface area contributed by atoms with Gasteiger partial charge in [0, 0.05) is 18.4 Å². The Morgan fingerprint density at radius 3 is 2.71 bits per heavy atom. The highest BCUT2D eigenvalue weighted by Crippen LogP contribution is 2.38. The van der Waals surface area contributed by atoms with Gasteiger partial charge in [0.15, 0.2) is 0 Å². The van der Waals surface area contributed by atoms with Gasteiger partial charge < -0.3 is 4.74 Å². The molecular formula is C16H22N2O5S. The minimum atomic E-state index is -3.05. The molecule has 1 aromatic rings. The number of aromatic nitrogens is 1. The van der Waals surface area contributed by atoms with Crippen molar-refractivity contribution in [3.63, 3.8) is 0 Å². The first-order chi connectivity index (χ1) is 11.2. The van der Waals surface area contributed by atoms with E-state index in [0.717, 1.165) is 5.57 Å². The summed E-state index contributed by atoms with van der Waals surface area (Å²) >= 11 is 0. The van der Waals surface area contributed by atoms with Crippen molar-refractivity contribution in [3.05, 3.63) is 40.2 Å². The average molecular weight is 354 g/mol. The van der Waals surface area contributed by atoms with Crippen LogP contribution in [0.4, 0.5) is 5.69 Å². The number of sulfone groups is 1.